The summed E-state index contributed by atoms with van der Waals surface area (Å²) >= 11 is 0. The minimum Gasteiger partial charge on any atom is -0.495 e. The summed E-state index contributed by atoms with van der Waals surface area (Å²) in [4.78, 5) is 14.0. The minimum atomic E-state index is -0.0641. The van der Waals surface area contributed by atoms with Crippen molar-refractivity contribution in [1.82, 2.24) is 10.2 Å². The van der Waals surface area contributed by atoms with Gasteiger partial charge in [-0.05, 0) is 19.2 Å². The highest BCUT2D eigenvalue weighted by Gasteiger charge is 2.17. The van der Waals surface area contributed by atoms with Gasteiger partial charge in [-0.2, -0.15) is 0 Å². The third-order valence-electron chi connectivity index (χ3n) is 3.31. The Balaban J connectivity index is 1.80. The number of benzene rings is 1. The number of hydrogen-bond acceptors (Lipinski definition) is 5. The monoisotopic (exact) mass is 293 g/mol. The highest BCUT2D eigenvalue weighted by molar-refractivity contribution is 5.93. The van der Waals surface area contributed by atoms with E-state index in [-0.39, 0.29) is 12.0 Å². The van der Waals surface area contributed by atoms with E-state index in [1.807, 2.05) is 36.2 Å². The maximum Gasteiger partial charge on any atom is 0.238 e. The van der Waals surface area contributed by atoms with Gasteiger partial charge < -0.3 is 20.1 Å². The van der Waals surface area contributed by atoms with Crippen molar-refractivity contribution in [3.8, 4) is 5.75 Å². The third-order valence-corrected chi connectivity index (χ3v) is 3.31. The highest BCUT2D eigenvalue weighted by atomic mass is 16.5. The molecule has 21 heavy (non-hydrogen) atoms. The summed E-state index contributed by atoms with van der Waals surface area (Å²) < 4.78 is 10.8. The molecule has 2 rings (SSSR count). The summed E-state index contributed by atoms with van der Waals surface area (Å²) in [6.07, 6.45) is 0.141. The number of methoxy groups -OCH3 is 1. The Kier molecular flexibility index (Phi) is 5.98. The molecule has 0 aromatic heterocycles. The number of para-hydroxylation sites is 2. The second-order valence-electron chi connectivity index (χ2n) is 5.14. The first-order chi connectivity index (χ1) is 10.2. The summed E-state index contributed by atoms with van der Waals surface area (Å²) in [7, 11) is 3.50. The SMILES string of the molecule is COc1ccccc1NC(=O)CN(C)CC1CNCCO1. The molecule has 1 aromatic carbocycles. The van der Waals surface area contributed by atoms with Crippen LogP contribution < -0.4 is 15.4 Å². The van der Waals surface area contributed by atoms with Gasteiger partial charge in [-0.3, -0.25) is 9.69 Å². The van der Waals surface area contributed by atoms with Crippen LogP contribution in [-0.2, 0) is 9.53 Å². The van der Waals surface area contributed by atoms with E-state index in [2.05, 4.69) is 10.6 Å². The van der Waals surface area contributed by atoms with Crippen molar-refractivity contribution >= 4 is 11.6 Å². The van der Waals surface area contributed by atoms with Gasteiger partial charge in [0.1, 0.15) is 5.75 Å². The molecule has 1 aliphatic rings. The predicted molar refractivity (Wildman–Crippen MR) is 81.7 cm³/mol. The Morgan fingerprint density at radius 1 is 1.52 bits per heavy atom. The summed E-state index contributed by atoms with van der Waals surface area (Å²) in [6.45, 7) is 3.50. The quantitative estimate of drug-likeness (QED) is 0.802. The van der Waals surface area contributed by atoms with Crippen molar-refractivity contribution in [2.24, 2.45) is 0 Å². The van der Waals surface area contributed by atoms with Gasteiger partial charge in [-0.1, -0.05) is 12.1 Å². The number of carbonyl (C=O) groups is 1. The van der Waals surface area contributed by atoms with Crippen LogP contribution in [0, 0.1) is 0 Å². The molecular formula is C15H23N3O3. The van der Waals surface area contributed by atoms with Crippen LogP contribution in [0.4, 0.5) is 5.69 Å². The molecule has 1 aliphatic heterocycles. The molecule has 0 spiro atoms. The molecule has 1 fully saturated rings. The van der Waals surface area contributed by atoms with Crippen molar-refractivity contribution in [3.63, 3.8) is 0 Å². The molecule has 0 radical (unpaired) electrons. The van der Waals surface area contributed by atoms with Gasteiger partial charge in [-0.25, -0.2) is 0 Å². The molecule has 1 saturated heterocycles. The van der Waals surface area contributed by atoms with E-state index in [1.165, 1.54) is 0 Å². The van der Waals surface area contributed by atoms with E-state index in [0.29, 0.717) is 18.0 Å². The van der Waals surface area contributed by atoms with Crippen LogP contribution in [0.3, 0.4) is 0 Å². The minimum absolute atomic E-state index is 0.0641. The molecule has 1 atom stereocenters. The lowest BCUT2D eigenvalue weighted by Gasteiger charge is -2.27. The lowest BCUT2D eigenvalue weighted by Crippen LogP contribution is -2.45. The van der Waals surface area contributed by atoms with Crippen LogP contribution in [0.1, 0.15) is 0 Å². The van der Waals surface area contributed by atoms with Gasteiger partial charge in [-0.15, -0.1) is 0 Å². The van der Waals surface area contributed by atoms with Crippen molar-refractivity contribution in [3.05, 3.63) is 24.3 Å². The van der Waals surface area contributed by atoms with Crippen molar-refractivity contribution < 1.29 is 14.3 Å². The average Bonchev–Trinajstić information content (AvgIpc) is 2.48. The summed E-state index contributed by atoms with van der Waals surface area (Å²) in [5, 5.41) is 6.15. The number of likely N-dealkylation sites (N-methyl/N-ethyl adjacent to an activating group) is 1. The summed E-state index contributed by atoms with van der Waals surface area (Å²) in [6, 6.07) is 7.38. The molecular weight excluding hydrogens is 270 g/mol. The van der Waals surface area contributed by atoms with Crippen LogP contribution in [0.25, 0.3) is 0 Å². The predicted octanol–water partition coefficient (Wildman–Crippen LogP) is 0.554. The molecule has 6 nitrogen and oxygen atoms in total. The van der Waals surface area contributed by atoms with Crippen molar-refractivity contribution in [2.75, 3.05) is 52.3 Å². The molecule has 0 saturated carbocycles. The molecule has 1 aromatic rings. The summed E-state index contributed by atoms with van der Waals surface area (Å²) in [5.41, 5.74) is 0.689. The molecule has 6 heteroatoms. The zero-order valence-corrected chi connectivity index (χ0v) is 12.6. The van der Waals surface area contributed by atoms with E-state index in [4.69, 9.17) is 9.47 Å². The molecule has 1 heterocycles. The van der Waals surface area contributed by atoms with Crippen LogP contribution in [0.2, 0.25) is 0 Å². The van der Waals surface area contributed by atoms with Gasteiger partial charge in [0.15, 0.2) is 0 Å². The van der Waals surface area contributed by atoms with Gasteiger partial charge in [0, 0.05) is 19.6 Å². The molecule has 2 N–H and O–H groups in total. The number of morpholine rings is 1. The van der Waals surface area contributed by atoms with Crippen molar-refractivity contribution in [1.29, 1.82) is 0 Å². The lowest BCUT2D eigenvalue weighted by atomic mass is 10.2. The first kappa shape index (κ1) is 15.8. The van der Waals surface area contributed by atoms with Crippen molar-refractivity contribution in [2.45, 2.75) is 6.10 Å². The Morgan fingerprint density at radius 2 is 2.33 bits per heavy atom. The van der Waals surface area contributed by atoms with Gasteiger partial charge >= 0.3 is 0 Å². The summed E-state index contributed by atoms with van der Waals surface area (Å²) in [5.74, 6) is 0.596. The van der Waals surface area contributed by atoms with Crippen LogP contribution in [-0.4, -0.2) is 63.9 Å². The number of hydrogen-bond donors (Lipinski definition) is 2. The number of carbonyl (C=O) groups excluding carboxylic acids is 1. The fraction of sp³-hybridized carbons (Fsp3) is 0.533. The molecule has 1 unspecified atom stereocenters. The standard InChI is InChI=1S/C15H23N3O3/c1-18(10-12-9-16-7-8-21-12)11-15(19)17-13-5-3-4-6-14(13)20-2/h3-6,12,16H,7-11H2,1-2H3,(H,17,19). The van der Waals surface area contributed by atoms with E-state index >= 15 is 0 Å². The zero-order chi connectivity index (χ0) is 15.1. The second kappa shape index (κ2) is 7.97. The highest BCUT2D eigenvalue weighted by Crippen LogP contribution is 2.22. The maximum atomic E-state index is 12.1. The third kappa shape index (κ3) is 5.00. The van der Waals surface area contributed by atoms with Crippen LogP contribution in [0.5, 0.6) is 5.75 Å². The van der Waals surface area contributed by atoms with Gasteiger partial charge in [0.25, 0.3) is 0 Å². The second-order valence-corrected chi connectivity index (χ2v) is 5.14. The maximum absolute atomic E-state index is 12.1. The number of nitrogens with zero attached hydrogens (tertiary/aromatic N) is 1. The Labute approximate surface area is 125 Å². The Bertz CT molecular complexity index is 461. The first-order valence-electron chi connectivity index (χ1n) is 7.13. The number of nitrogens with one attached hydrogen (secondary N) is 2. The van der Waals surface area contributed by atoms with E-state index < -0.39 is 0 Å². The zero-order valence-electron chi connectivity index (χ0n) is 12.6. The fourth-order valence-corrected chi connectivity index (χ4v) is 2.33. The Hall–Kier alpha value is -1.63. The topological polar surface area (TPSA) is 62.8 Å². The van der Waals surface area contributed by atoms with E-state index in [0.717, 1.165) is 26.2 Å². The number of anilines is 1. The number of amides is 1. The Morgan fingerprint density at radius 3 is 3.05 bits per heavy atom. The first-order valence-corrected chi connectivity index (χ1v) is 7.13. The number of rotatable bonds is 6. The normalized spacial score (nSPS) is 18.5. The lowest BCUT2D eigenvalue weighted by molar-refractivity contribution is -0.117. The average molecular weight is 293 g/mol. The van der Waals surface area contributed by atoms with E-state index in [1.54, 1.807) is 7.11 Å². The molecule has 116 valence electrons. The smallest absolute Gasteiger partial charge is 0.238 e. The number of ether oxygens (including phenoxy) is 2. The molecule has 0 aliphatic carbocycles. The fourth-order valence-electron chi connectivity index (χ4n) is 2.33. The van der Waals surface area contributed by atoms with E-state index in [9.17, 15) is 4.79 Å². The molecule has 0 bridgehead atoms. The molecule has 1 amide bonds. The van der Waals surface area contributed by atoms with Gasteiger partial charge in [0.2, 0.25) is 5.91 Å². The largest absolute Gasteiger partial charge is 0.495 e. The van der Waals surface area contributed by atoms with Crippen LogP contribution >= 0.6 is 0 Å². The van der Waals surface area contributed by atoms with Gasteiger partial charge in [0.05, 0.1) is 32.1 Å². The van der Waals surface area contributed by atoms with Crippen LogP contribution in [0.15, 0.2) is 24.3 Å².